The van der Waals surface area contributed by atoms with Crippen LogP contribution in [0.3, 0.4) is 0 Å². The van der Waals surface area contributed by atoms with Crippen molar-refractivity contribution >= 4 is 43.5 Å². The second-order valence-electron chi connectivity index (χ2n) is 10.7. The van der Waals surface area contributed by atoms with Crippen LogP contribution in [-0.4, -0.2) is 51.4 Å². The van der Waals surface area contributed by atoms with E-state index < -0.39 is 28.5 Å². The van der Waals surface area contributed by atoms with Gasteiger partial charge >= 0.3 is 0 Å². The largest absolute Gasteiger partial charge is 0.497 e. The standard InChI is InChI=1S/C35H38BrN3O5S/c1-4-20-37-35(41)33(22-27-10-6-5-7-11-27)38(24-28-12-8-15-31(21-28)44-3)34(40)25-39(30-14-9-13-29(36)23-30)45(42,43)32-18-16-26(2)17-19-32/h5-19,21,23,33H,4,20,22,24-25H2,1-3H3,(H,37,41)/t33-/m1/s1. The molecule has 0 aliphatic carbocycles. The Hall–Kier alpha value is -4.15. The Balaban J connectivity index is 1.80. The molecule has 0 bridgehead atoms. The molecule has 8 nitrogen and oxygen atoms in total. The monoisotopic (exact) mass is 691 g/mol. The zero-order valence-electron chi connectivity index (χ0n) is 25.6. The Morgan fingerprint density at radius 3 is 2.24 bits per heavy atom. The molecule has 4 rings (SSSR count). The highest BCUT2D eigenvalue weighted by molar-refractivity contribution is 9.10. The fourth-order valence-electron chi connectivity index (χ4n) is 4.88. The van der Waals surface area contributed by atoms with Gasteiger partial charge in [-0.25, -0.2) is 8.42 Å². The molecule has 1 N–H and O–H groups in total. The van der Waals surface area contributed by atoms with E-state index in [4.69, 9.17) is 4.74 Å². The van der Waals surface area contributed by atoms with Crippen molar-refractivity contribution in [3.05, 3.63) is 124 Å². The summed E-state index contributed by atoms with van der Waals surface area (Å²) < 4.78 is 35.4. The van der Waals surface area contributed by atoms with Crippen LogP contribution in [0, 0.1) is 6.92 Å². The Kier molecular flexibility index (Phi) is 11.8. The molecule has 0 heterocycles. The van der Waals surface area contributed by atoms with Gasteiger partial charge < -0.3 is 15.0 Å². The van der Waals surface area contributed by atoms with Gasteiger partial charge in [0.05, 0.1) is 17.7 Å². The number of aryl methyl sites for hydroxylation is 1. The Morgan fingerprint density at radius 2 is 1.58 bits per heavy atom. The first-order valence-electron chi connectivity index (χ1n) is 14.7. The summed E-state index contributed by atoms with van der Waals surface area (Å²) in [5.41, 5.74) is 2.83. The molecular formula is C35H38BrN3O5S. The SMILES string of the molecule is CCCNC(=O)[C@@H](Cc1ccccc1)N(Cc1cccc(OC)c1)C(=O)CN(c1cccc(Br)c1)S(=O)(=O)c1ccc(C)cc1. The van der Waals surface area contributed by atoms with Crippen LogP contribution in [0.15, 0.2) is 112 Å². The topological polar surface area (TPSA) is 96.0 Å². The number of rotatable bonds is 14. The van der Waals surface area contributed by atoms with Gasteiger partial charge in [0.25, 0.3) is 10.0 Å². The minimum atomic E-state index is -4.17. The first-order chi connectivity index (χ1) is 21.6. The number of carbonyl (C=O) groups excluding carboxylic acids is 2. The van der Waals surface area contributed by atoms with Gasteiger partial charge in [0, 0.05) is 24.0 Å². The molecule has 0 aromatic heterocycles. The van der Waals surface area contributed by atoms with E-state index in [1.54, 1.807) is 55.6 Å². The van der Waals surface area contributed by atoms with Gasteiger partial charge in [-0.05, 0) is 66.9 Å². The molecule has 1 atom stereocenters. The highest BCUT2D eigenvalue weighted by Crippen LogP contribution is 2.28. The molecule has 4 aromatic rings. The minimum absolute atomic E-state index is 0.0572. The van der Waals surface area contributed by atoms with Crippen LogP contribution in [0.2, 0.25) is 0 Å². The average molecular weight is 693 g/mol. The van der Waals surface area contributed by atoms with Gasteiger partial charge in [0.1, 0.15) is 18.3 Å². The van der Waals surface area contributed by atoms with Crippen LogP contribution in [0.4, 0.5) is 5.69 Å². The van der Waals surface area contributed by atoms with Gasteiger partial charge in [-0.3, -0.25) is 13.9 Å². The van der Waals surface area contributed by atoms with E-state index in [2.05, 4.69) is 21.2 Å². The number of amides is 2. The fraction of sp³-hybridized carbons (Fsp3) is 0.257. The lowest BCUT2D eigenvalue weighted by Gasteiger charge is -2.34. The first-order valence-corrected chi connectivity index (χ1v) is 16.9. The number of nitrogens with zero attached hydrogens (tertiary/aromatic N) is 2. The normalized spacial score (nSPS) is 11.8. The predicted molar refractivity (Wildman–Crippen MR) is 181 cm³/mol. The summed E-state index contributed by atoms with van der Waals surface area (Å²) in [5.74, 6) is -0.235. The van der Waals surface area contributed by atoms with Crippen molar-refractivity contribution < 1.29 is 22.7 Å². The fourth-order valence-corrected chi connectivity index (χ4v) is 6.68. The number of hydrogen-bond acceptors (Lipinski definition) is 5. The van der Waals surface area contributed by atoms with Gasteiger partial charge in [-0.15, -0.1) is 0 Å². The van der Waals surface area contributed by atoms with Crippen LogP contribution in [-0.2, 0) is 32.6 Å². The molecule has 45 heavy (non-hydrogen) atoms. The number of methoxy groups -OCH3 is 1. The van der Waals surface area contributed by atoms with E-state index >= 15 is 0 Å². The second kappa shape index (κ2) is 15.7. The molecule has 0 saturated carbocycles. The van der Waals surface area contributed by atoms with E-state index in [1.165, 1.54) is 17.0 Å². The molecule has 0 aliphatic heterocycles. The lowest BCUT2D eigenvalue weighted by molar-refractivity contribution is -0.140. The van der Waals surface area contributed by atoms with Crippen molar-refractivity contribution in [1.82, 2.24) is 10.2 Å². The van der Waals surface area contributed by atoms with E-state index in [0.29, 0.717) is 22.5 Å². The van der Waals surface area contributed by atoms with Crippen LogP contribution in [0.25, 0.3) is 0 Å². The molecule has 0 spiro atoms. The highest BCUT2D eigenvalue weighted by Gasteiger charge is 2.34. The average Bonchev–Trinajstić information content (AvgIpc) is 3.04. The van der Waals surface area contributed by atoms with E-state index in [1.807, 2.05) is 56.3 Å². The van der Waals surface area contributed by atoms with Crippen molar-refractivity contribution in [2.24, 2.45) is 0 Å². The number of sulfonamides is 1. The number of hydrogen-bond donors (Lipinski definition) is 1. The molecule has 2 amide bonds. The minimum Gasteiger partial charge on any atom is -0.497 e. The first kappa shape index (κ1) is 33.7. The lowest BCUT2D eigenvalue weighted by atomic mass is 10.0. The van der Waals surface area contributed by atoms with Crippen LogP contribution in [0.5, 0.6) is 5.75 Å². The molecule has 10 heteroatoms. The predicted octanol–water partition coefficient (Wildman–Crippen LogP) is 6.13. The molecular weight excluding hydrogens is 654 g/mol. The van der Waals surface area contributed by atoms with Crippen molar-refractivity contribution in [1.29, 1.82) is 0 Å². The smallest absolute Gasteiger partial charge is 0.264 e. The molecule has 236 valence electrons. The zero-order chi connectivity index (χ0) is 32.4. The van der Waals surface area contributed by atoms with Gasteiger partial charge in [-0.2, -0.15) is 0 Å². The molecule has 0 saturated heterocycles. The number of carbonyl (C=O) groups is 2. The number of benzene rings is 4. The quantitative estimate of drug-likeness (QED) is 0.172. The summed E-state index contributed by atoms with van der Waals surface area (Å²) in [5, 5.41) is 2.95. The van der Waals surface area contributed by atoms with Crippen molar-refractivity contribution in [2.75, 3.05) is 24.5 Å². The molecule has 0 aliphatic rings. The highest BCUT2D eigenvalue weighted by atomic mass is 79.9. The number of ether oxygens (including phenoxy) is 1. The summed E-state index contributed by atoms with van der Waals surface area (Å²) in [6, 6.07) is 29.1. The molecule has 4 aromatic carbocycles. The summed E-state index contributed by atoms with van der Waals surface area (Å²) in [6.07, 6.45) is 0.965. The third-order valence-corrected chi connectivity index (χ3v) is 9.57. The van der Waals surface area contributed by atoms with Crippen molar-refractivity contribution in [2.45, 2.75) is 44.2 Å². The maximum atomic E-state index is 14.5. The molecule has 0 radical (unpaired) electrons. The molecule has 0 fully saturated rings. The zero-order valence-corrected chi connectivity index (χ0v) is 28.1. The van der Waals surface area contributed by atoms with Gasteiger partial charge in [0.2, 0.25) is 11.8 Å². The number of halogens is 1. The van der Waals surface area contributed by atoms with Crippen LogP contribution >= 0.6 is 15.9 Å². The third-order valence-electron chi connectivity index (χ3n) is 7.29. The van der Waals surface area contributed by atoms with Crippen LogP contribution < -0.4 is 14.4 Å². The summed E-state index contributed by atoms with van der Waals surface area (Å²) in [7, 11) is -2.61. The molecule has 0 unspecified atom stereocenters. The van der Waals surface area contributed by atoms with Crippen molar-refractivity contribution in [3.63, 3.8) is 0 Å². The maximum absolute atomic E-state index is 14.5. The van der Waals surface area contributed by atoms with E-state index in [9.17, 15) is 18.0 Å². The Morgan fingerprint density at radius 1 is 0.889 bits per heavy atom. The van der Waals surface area contributed by atoms with E-state index in [0.717, 1.165) is 27.4 Å². The summed E-state index contributed by atoms with van der Waals surface area (Å²) in [4.78, 5) is 29.8. The number of nitrogens with one attached hydrogen (secondary N) is 1. The lowest BCUT2D eigenvalue weighted by Crippen LogP contribution is -2.53. The van der Waals surface area contributed by atoms with Crippen LogP contribution in [0.1, 0.15) is 30.0 Å². The van der Waals surface area contributed by atoms with Gasteiger partial charge in [0.15, 0.2) is 0 Å². The Labute approximate surface area is 274 Å². The Bertz CT molecular complexity index is 1700. The second-order valence-corrected chi connectivity index (χ2v) is 13.5. The van der Waals surface area contributed by atoms with Gasteiger partial charge in [-0.1, -0.05) is 89.1 Å². The maximum Gasteiger partial charge on any atom is 0.264 e. The summed E-state index contributed by atoms with van der Waals surface area (Å²) in [6.45, 7) is 3.81. The third kappa shape index (κ3) is 8.95. The van der Waals surface area contributed by atoms with Crippen molar-refractivity contribution in [3.8, 4) is 5.75 Å². The van der Waals surface area contributed by atoms with E-state index in [-0.39, 0.29) is 23.8 Å². The summed E-state index contributed by atoms with van der Waals surface area (Å²) >= 11 is 3.44. The number of anilines is 1.